The van der Waals surface area contributed by atoms with E-state index < -0.39 is 34.3 Å². The van der Waals surface area contributed by atoms with E-state index in [0.29, 0.717) is 4.90 Å². The van der Waals surface area contributed by atoms with Gasteiger partial charge in [0.2, 0.25) is 5.60 Å². The van der Waals surface area contributed by atoms with Crippen molar-refractivity contribution in [3.63, 3.8) is 0 Å². The average Bonchev–Trinajstić information content (AvgIpc) is 2.89. The first-order valence-electron chi connectivity index (χ1n) is 7.35. The van der Waals surface area contributed by atoms with Gasteiger partial charge in [-0.05, 0) is 32.4 Å². The second kappa shape index (κ2) is 7.09. The predicted molar refractivity (Wildman–Crippen MR) is 84.2 cm³/mol. The molecular formula is C16H22O6S. The van der Waals surface area contributed by atoms with Crippen molar-refractivity contribution in [1.82, 2.24) is 0 Å². The monoisotopic (exact) mass is 342 g/mol. The van der Waals surface area contributed by atoms with Crippen molar-refractivity contribution in [2.45, 2.75) is 42.7 Å². The molecule has 1 saturated heterocycles. The summed E-state index contributed by atoms with van der Waals surface area (Å²) in [4.78, 5) is 12.8. The van der Waals surface area contributed by atoms with Crippen molar-refractivity contribution < 1.29 is 28.3 Å². The first kappa shape index (κ1) is 18.1. The smallest absolute Gasteiger partial charge is 0.343 e. The van der Waals surface area contributed by atoms with Gasteiger partial charge in [-0.25, -0.2) is 4.79 Å². The lowest BCUT2D eigenvalue weighted by molar-refractivity contribution is -0.205. The lowest BCUT2D eigenvalue weighted by Gasteiger charge is -2.30. The second-order valence-electron chi connectivity index (χ2n) is 5.84. The molecule has 1 N–H and O–H groups in total. The van der Waals surface area contributed by atoms with Crippen LogP contribution in [0.4, 0.5) is 0 Å². The Labute approximate surface area is 138 Å². The summed E-state index contributed by atoms with van der Waals surface area (Å²) < 4.78 is 28.1. The number of hydrogen-bond acceptors (Lipinski definition) is 6. The molecule has 1 fully saturated rings. The van der Waals surface area contributed by atoms with Crippen molar-refractivity contribution in [3.8, 4) is 0 Å². The summed E-state index contributed by atoms with van der Waals surface area (Å²) >= 11 is 0. The average molecular weight is 342 g/mol. The minimum absolute atomic E-state index is 0.105. The largest absolute Gasteiger partial charge is 0.467 e. The van der Waals surface area contributed by atoms with Crippen LogP contribution in [0.15, 0.2) is 35.2 Å². The highest BCUT2D eigenvalue weighted by Crippen LogP contribution is 2.35. The van der Waals surface area contributed by atoms with E-state index in [-0.39, 0.29) is 18.8 Å². The number of aliphatic hydroxyl groups excluding tert-OH is 1. The third-order valence-electron chi connectivity index (χ3n) is 3.71. The van der Waals surface area contributed by atoms with Crippen LogP contribution < -0.4 is 0 Å². The van der Waals surface area contributed by atoms with Gasteiger partial charge in [-0.15, -0.1) is 0 Å². The molecule has 3 unspecified atom stereocenters. The molecule has 23 heavy (non-hydrogen) atoms. The van der Waals surface area contributed by atoms with Crippen LogP contribution in [0.1, 0.15) is 20.3 Å². The fourth-order valence-corrected chi connectivity index (χ4v) is 3.63. The summed E-state index contributed by atoms with van der Waals surface area (Å²) in [6, 6.07) is 8.97. The highest BCUT2D eigenvalue weighted by molar-refractivity contribution is 7.85. The SMILES string of the molecule is COC(=O)C1(C(O)CCS(=O)c2ccccc2)COC(C)(C)O1. The molecule has 0 aliphatic carbocycles. The van der Waals surface area contributed by atoms with Gasteiger partial charge in [-0.2, -0.15) is 0 Å². The van der Waals surface area contributed by atoms with E-state index in [1.165, 1.54) is 7.11 Å². The lowest BCUT2D eigenvalue weighted by atomic mass is 9.95. The molecule has 2 rings (SSSR count). The molecule has 0 amide bonds. The van der Waals surface area contributed by atoms with Gasteiger partial charge in [0.05, 0.1) is 30.6 Å². The molecule has 1 aromatic rings. The molecule has 1 aromatic carbocycles. The number of carbonyl (C=O) groups is 1. The van der Waals surface area contributed by atoms with Crippen molar-refractivity contribution in [1.29, 1.82) is 0 Å². The summed E-state index contributed by atoms with van der Waals surface area (Å²) in [5.41, 5.74) is -1.58. The van der Waals surface area contributed by atoms with Crippen LogP contribution in [0.2, 0.25) is 0 Å². The van der Waals surface area contributed by atoms with E-state index in [1.54, 1.807) is 38.1 Å². The minimum atomic E-state index is -1.58. The number of benzene rings is 1. The molecule has 0 saturated carbocycles. The van der Waals surface area contributed by atoms with Gasteiger partial charge in [-0.3, -0.25) is 4.21 Å². The summed E-state index contributed by atoms with van der Waals surface area (Å²) in [6.07, 6.45) is -1.06. The number of methoxy groups -OCH3 is 1. The Morgan fingerprint density at radius 3 is 2.57 bits per heavy atom. The van der Waals surface area contributed by atoms with Crippen molar-refractivity contribution in [2.24, 2.45) is 0 Å². The Kier molecular flexibility index (Phi) is 5.57. The molecule has 7 heteroatoms. The van der Waals surface area contributed by atoms with Crippen LogP contribution in [0, 0.1) is 0 Å². The normalized spacial score (nSPS) is 25.7. The molecule has 0 bridgehead atoms. The number of carbonyl (C=O) groups excluding carboxylic acids is 1. The molecule has 0 aromatic heterocycles. The summed E-state index contributed by atoms with van der Waals surface area (Å²) in [5, 5.41) is 10.5. The van der Waals surface area contributed by atoms with E-state index in [9.17, 15) is 14.1 Å². The van der Waals surface area contributed by atoms with E-state index in [2.05, 4.69) is 0 Å². The van der Waals surface area contributed by atoms with Crippen molar-refractivity contribution in [3.05, 3.63) is 30.3 Å². The highest BCUT2D eigenvalue weighted by atomic mass is 32.2. The zero-order valence-electron chi connectivity index (χ0n) is 13.5. The second-order valence-corrected chi connectivity index (χ2v) is 7.41. The molecule has 0 radical (unpaired) electrons. The van der Waals surface area contributed by atoms with Crippen molar-refractivity contribution >= 4 is 16.8 Å². The van der Waals surface area contributed by atoms with Crippen LogP contribution in [-0.2, 0) is 29.8 Å². The standard InChI is InChI=1S/C16H22O6S/c1-15(2)21-11-16(22-15,14(18)20-3)13(17)9-10-23(19)12-7-5-4-6-8-12/h4-8,13,17H,9-11H2,1-3H3. The van der Waals surface area contributed by atoms with Gasteiger partial charge in [0.25, 0.3) is 0 Å². The van der Waals surface area contributed by atoms with Crippen molar-refractivity contribution in [2.75, 3.05) is 19.5 Å². The van der Waals surface area contributed by atoms with Gasteiger partial charge in [0.15, 0.2) is 5.79 Å². The Bertz CT molecular complexity index is 573. The summed E-state index contributed by atoms with van der Waals surface area (Å²) in [6.45, 7) is 3.21. The molecule has 128 valence electrons. The Morgan fingerprint density at radius 1 is 1.39 bits per heavy atom. The van der Waals surface area contributed by atoms with E-state index >= 15 is 0 Å². The topological polar surface area (TPSA) is 82.1 Å². The third-order valence-corrected chi connectivity index (χ3v) is 5.12. The fourth-order valence-electron chi connectivity index (χ4n) is 2.49. The van der Waals surface area contributed by atoms with Crippen LogP contribution in [0.3, 0.4) is 0 Å². The molecule has 3 atom stereocenters. The lowest BCUT2D eigenvalue weighted by Crippen LogP contribution is -2.53. The van der Waals surface area contributed by atoms with Crippen LogP contribution in [-0.4, -0.2) is 52.2 Å². The molecule has 1 aliphatic heterocycles. The maximum absolute atomic E-state index is 12.2. The number of aliphatic hydroxyl groups is 1. The first-order chi connectivity index (χ1) is 10.8. The molecule has 6 nitrogen and oxygen atoms in total. The molecule has 1 aliphatic rings. The number of rotatable bonds is 6. The number of esters is 1. The number of ether oxygens (including phenoxy) is 3. The number of hydrogen-bond donors (Lipinski definition) is 1. The molecular weight excluding hydrogens is 320 g/mol. The minimum Gasteiger partial charge on any atom is -0.467 e. The summed E-state index contributed by atoms with van der Waals surface area (Å²) in [5.74, 6) is -1.48. The Hall–Kier alpha value is -1.28. The predicted octanol–water partition coefficient (Wildman–Crippen LogP) is 1.24. The Morgan fingerprint density at radius 2 is 2.04 bits per heavy atom. The Balaban J connectivity index is 2.06. The third kappa shape index (κ3) is 3.98. The van der Waals surface area contributed by atoms with Crippen LogP contribution in [0.5, 0.6) is 0 Å². The van der Waals surface area contributed by atoms with Gasteiger partial charge < -0.3 is 19.3 Å². The molecule has 1 heterocycles. The van der Waals surface area contributed by atoms with Crippen LogP contribution in [0.25, 0.3) is 0 Å². The fraction of sp³-hybridized carbons (Fsp3) is 0.562. The van der Waals surface area contributed by atoms with Gasteiger partial charge in [-0.1, -0.05) is 18.2 Å². The van der Waals surface area contributed by atoms with E-state index in [0.717, 1.165) is 0 Å². The quantitative estimate of drug-likeness (QED) is 0.783. The van der Waals surface area contributed by atoms with E-state index in [4.69, 9.17) is 14.2 Å². The zero-order valence-corrected chi connectivity index (χ0v) is 14.3. The maximum Gasteiger partial charge on any atom is 0.343 e. The highest BCUT2D eigenvalue weighted by Gasteiger charge is 2.56. The van der Waals surface area contributed by atoms with Gasteiger partial charge in [0, 0.05) is 10.6 Å². The van der Waals surface area contributed by atoms with E-state index in [1.807, 2.05) is 6.07 Å². The zero-order chi connectivity index (χ0) is 17.1. The molecule has 0 spiro atoms. The van der Waals surface area contributed by atoms with Gasteiger partial charge >= 0.3 is 5.97 Å². The van der Waals surface area contributed by atoms with Crippen LogP contribution >= 0.6 is 0 Å². The summed E-state index contributed by atoms with van der Waals surface area (Å²) in [7, 11) is -0.0355. The van der Waals surface area contributed by atoms with Gasteiger partial charge in [0.1, 0.15) is 0 Å². The maximum atomic E-state index is 12.2. The first-order valence-corrected chi connectivity index (χ1v) is 8.67.